The second kappa shape index (κ2) is 8.30. The van der Waals surface area contributed by atoms with Gasteiger partial charge in [-0.15, -0.1) is 12.4 Å². The first-order chi connectivity index (χ1) is 10.9. The first kappa shape index (κ1) is 20.2. The van der Waals surface area contributed by atoms with E-state index in [2.05, 4.69) is 10.6 Å². The predicted octanol–water partition coefficient (Wildman–Crippen LogP) is 2.02. The molecule has 0 unspecified atom stereocenters. The van der Waals surface area contributed by atoms with Crippen LogP contribution in [0.5, 0.6) is 0 Å². The van der Waals surface area contributed by atoms with Crippen LogP contribution >= 0.6 is 12.4 Å². The van der Waals surface area contributed by atoms with Gasteiger partial charge in [-0.25, -0.2) is 9.18 Å². The van der Waals surface area contributed by atoms with E-state index in [-0.39, 0.29) is 30.5 Å². The molecule has 0 spiro atoms. The van der Waals surface area contributed by atoms with E-state index in [0.29, 0.717) is 31.6 Å². The highest BCUT2D eigenvalue weighted by Gasteiger charge is 2.25. The van der Waals surface area contributed by atoms with Gasteiger partial charge >= 0.3 is 6.03 Å². The van der Waals surface area contributed by atoms with Gasteiger partial charge in [0.2, 0.25) is 0 Å². The van der Waals surface area contributed by atoms with Gasteiger partial charge in [-0.3, -0.25) is 9.69 Å². The van der Waals surface area contributed by atoms with E-state index < -0.39 is 17.3 Å². The van der Waals surface area contributed by atoms with Crippen molar-refractivity contribution in [2.45, 2.75) is 32.2 Å². The third-order valence-electron chi connectivity index (χ3n) is 4.37. The summed E-state index contributed by atoms with van der Waals surface area (Å²) >= 11 is 0. The summed E-state index contributed by atoms with van der Waals surface area (Å²) in [5.74, 6) is -1.15. The summed E-state index contributed by atoms with van der Waals surface area (Å²) in [6.45, 7) is 5.18. The highest BCUT2D eigenvalue weighted by molar-refractivity contribution is 5.98. The van der Waals surface area contributed by atoms with Crippen molar-refractivity contribution in [3.63, 3.8) is 0 Å². The van der Waals surface area contributed by atoms with Crippen LogP contribution in [0, 0.1) is 5.82 Å². The molecule has 1 aromatic carbocycles. The van der Waals surface area contributed by atoms with Crippen molar-refractivity contribution in [3.05, 3.63) is 29.6 Å². The van der Waals surface area contributed by atoms with Crippen LogP contribution in [0.1, 0.15) is 37.0 Å². The van der Waals surface area contributed by atoms with Crippen LogP contribution in [0.15, 0.2) is 18.2 Å². The number of benzene rings is 1. The average molecular weight is 359 g/mol. The van der Waals surface area contributed by atoms with E-state index in [1.54, 1.807) is 0 Å². The quantitative estimate of drug-likeness (QED) is 0.727. The van der Waals surface area contributed by atoms with Crippen LogP contribution in [0.2, 0.25) is 0 Å². The Hall–Kier alpha value is -1.86. The van der Waals surface area contributed by atoms with Crippen molar-refractivity contribution >= 4 is 30.0 Å². The molecule has 0 aliphatic carbocycles. The molecule has 0 radical (unpaired) electrons. The Morgan fingerprint density at radius 3 is 2.62 bits per heavy atom. The van der Waals surface area contributed by atoms with E-state index in [9.17, 15) is 14.0 Å². The monoisotopic (exact) mass is 358 g/mol. The van der Waals surface area contributed by atoms with Crippen LogP contribution in [0.4, 0.5) is 14.9 Å². The second-order valence-electron chi connectivity index (χ2n) is 5.80. The van der Waals surface area contributed by atoms with Gasteiger partial charge in [0.15, 0.2) is 0 Å². The van der Waals surface area contributed by atoms with Gasteiger partial charge in [-0.1, -0.05) is 13.8 Å². The lowest BCUT2D eigenvalue weighted by Crippen LogP contribution is -2.49. The van der Waals surface area contributed by atoms with Crippen molar-refractivity contribution in [2.24, 2.45) is 5.73 Å². The number of nitrogens with zero attached hydrogens (tertiary/aromatic N) is 1. The fourth-order valence-corrected chi connectivity index (χ4v) is 2.42. The third kappa shape index (κ3) is 4.36. The van der Waals surface area contributed by atoms with Crippen molar-refractivity contribution in [1.29, 1.82) is 0 Å². The Morgan fingerprint density at radius 1 is 1.42 bits per heavy atom. The first-order valence-electron chi connectivity index (χ1n) is 7.82. The number of nitrogens with one attached hydrogen (secondary N) is 2. The summed E-state index contributed by atoms with van der Waals surface area (Å²) in [6.07, 6.45) is 1.42. The normalized spacial score (nSPS) is 14.2. The van der Waals surface area contributed by atoms with Crippen LogP contribution in [-0.4, -0.2) is 37.1 Å². The van der Waals surface area contributed by atoms with E-state index >= 15 is 0 Å². The van der Waals surface area contributed by atoms with Gasteiger partial charge in [0.1, 0.15) is 5.82 Å². The van der Waals surface area contributed by atoms with E-state index in [1.165, 1.54) is 23.1 Å². The number of urea groups is 1. The molecule has 0 atom stereocenters. The second-order valence-corrected chi connectivity index (χ2v) is 5.80. The zero-order valence-electron chi connectivity index (χ0n) is 13.9. The number of nitrogens with two attached hydrogens (primary N) is 1. The van der Waals surface area contributed by atoms with Crippen molar-refractivity contribution < 1.29 is 14.0 Å². The Bertz CT molecular complexity index is 608. The minimum atomic E-state index is -0.624. The minimum absolute atomic E-state index is 0. The van der Waals surface area contributed by atoms with Crippen LogP contribution in [-0.2, 0) is 0 Å². The van der Waals surface area contributed by atoms with Crippen LogP contribution < -0.4 is 21.3 Å². The highest BCUT2D eigenvalue weighted by atomic mass is 35.5. The Kier molecular flexibility index (Phi) is 6.98. The molecule has 0 bridgehead atoms. The average Bonchev–Trinajstić information content (AvgIpc) is 2.99. The summed E-state index contributed by atoms with van der Waals surface area (Å²) in [7, 11) is 0. The van der Waals surface area contributed by atoms with Gasteiger partial charge in [-0.05, 0) is 31.0 Å². The van der Waals surface area contributed by atoms with Crippen molar-refractivity contribution in [1.82, 2.24) is 10.6 Å². The lowest BCUT2D eigenvalue weighted by atomic mass is 9.94. The largest absolute Gasteiger partial charge is 0.350 e. The topological polar surface area (TPSA) is 87.5 Å². The Balaban J connectivity index is 0.00000288. The van der Waals surface area contributed by atoms with E-state index in [1.807, 2.05) is 13.8 Å². The molecule has 1 saturated heterocycles. The standard InChI is InChI=1S/C16H23FN4O2.ClH/c1-3-16(18,4-2)10-20-14(22)12-9-11(5-6-13(12)17)21-8-7-19-15(21)23;/h5-6,9H,3-4,7-8,10,18H2,1-2H3,(H,19,23)(H,20,22);1H. The molecule has 1 aliphatic rings. The number of hydrogen-bond acceptors (Lipinski definition) is 3. The maximum Gasteiger partial charge on any atom is 0.321 e. The molecular formula is C16H24ClFN4O2. The van der Waals surface area contributed by atoms with Gasteiger partial charge in [0, 0.05) is 30.9 Å². The number of rotatable bonds is 6. The number of carbonyl (C=O) groups excluding carboxylic acids is 2. The molecule has 1 fully saturated rings. The zero-order chi connectivity index (χ0) is 17.0. The minimum Gasteiger partial charge on any atom is -0.350 e. The number of amides is 3. The summed E-state index contributed by atoms with van der Waals surface area (Å²) in [5, 5.41) is 5.36. The Morgan fingerprint density at radius 2 is 2.08 bits per heavy atom. The molecule has 24 heavy (non-hydrogen) atoms. The number of carbonyl (C=O) groups is 2. The lowest BCUT2D eigenvalue weighted by molar-refractivity contribution is 0.0938. The smallest absolute Gasteiger partial charge is 0.321 e. The number of hydrogen-bond donors (Lipinski definition) is 3. The van der Waals surface area contributed by atoms with Gasteiger partial charge < -0.3 is 16.4 Å². The molecule has 134 valence electrons. The summed E-state index contributed by atoms with van der Waals surface area (Å²) < 4.78 is 14.0. The molecule has 0 aromatic heterocycles. The molecule has 1 heterocycles. The third-order valence-corrected chi connectivity index (χ3v) is 4.37. The van der Waals surface area contributed by atoms with Crippen molar-refractivity contribution in [2.75, 3.05) is 24.5 Å². The van der Waals surface area contributed by atoms with E-state index in [0.717, 1.165) is 0 Å². The fraction of sp³-hybridized carbons (Fsp3) is 0.500. The molecular weight excluding hydrogens is 335 g/mol. The number of anilines is 1. The van der Waals surface area contributed by atoms with Gasteiger partial charge in [-0.2, -0.15) is 0 Å². The molecule has 3 amide bonds. The molecule has 1 aromatic rings. The summed E-state index contributed by atoms with van der Waals surface area (Å²) in [5.41, 5.74) is 6.05. The molecule has 8 heteroatoms. The molecule has 6 nitrogen and oxygen atoms in total. The summed E-state index contributed by atoms with van der Waals surface area (Å²) in [6, 6.07) is 3.83. The lowest BCUT2D eigenvalue weighted by Gasteiger charge is -2.27. The van der Waals surface area contributed by atoms with Crippen LogP contribution in [0.3, 0.4) is 0 Å². The maximum atomic E-state index is 14.0. The highest BCUT2D eigenvalue weighted by Crippen LogP contribution is 2.21. The summed E-state index contributed by atoms with van der Waals surface area (Å²) in [4.78, 5) is 25.4. The van der Waals surface area contributed by atoms with Gasteiger partial charge in [0.05, 0.1) is 5.56 Å². The van der Waals surface area contributed by atoms with Crippen molar-refractivity contribution in [3.8, 4) is 0 Å². The Labute approximate surface area is 147 Å². The fourth-order valence-electron chi connectivity index (χ4n) is 2.42. The molecule has 0 saturated carbocycles. The number of halogens is 2. The zero-order valence-corrected chi connectivity index (χ0v) is 14.7. The maximum absolute atomic E-state index is 14.0. The van der Waals surface area contributed by atoms with Crippen LogP contribution in [0.25, 0.3) is 0 Å². The first-order valence-corrected chi connectivity index (χ1v) is 7.82. The predicted molar refractivity (Wildman–Crippen MR) is 94.2 cm³/mol. The SMILES string of the molecule is CCC(N)(CC)CNC(=O)c1cc(N2CCNC2=O)ccc1F.Cl. The molecule has 1 aliphatic heterocycles. The molecule has 2 rings (SSSR count). The molecule has 4 N–H and O–H groups in total. The van der Waals surface area contributed by atoms with E-state index in [4.69, 9.17) is 5.73 Å². The van der Waals surface area contributed by atoms with Gasteiger partial charge in [0.25, 0.3) is 5.91 Å².